The molecule has 0 saturated heterocycles. The fraction of sp³-hybridized carbons (Fsp3) is 0.212. The first-order chi connectivity index (χ1) is 20.6. The Morgan fingerprint density at radius 3 is 2.40 bits per heavy atom. The van der Waals surface area contributed by atoms with Gasteiger partial charge in [-0.05, 0) is 53.5 Å². The highest BCUT2D eigenvalue weighted by molar-refractivity contribution is 7.23. The quantitative estimate of drug-likeness (QED) is 0.168. The lowest BCUT2D eigenvalue weighted by Crippen LogP contribution is -2.29. The number of benzene rings is 3. The second kappa shape index (κ2) is 13.6. The number of carbonyl (C=O) groups excluding carboxylic acids is 1. The monoisotopic (exact) mass is 633 g/mol. The summed E-state index contributed by atoms with van der Waals surface area (Å²) < 4.78 is 17.5. The Kier molecular flexibility index (Phi) is 9.67. The molecule has 0 aliphatic carbocycles. The minimum absolute atomic E-state index is 0. The molecule has 1 N–H and O–H groups in total. The fourth-order valence-corrected chi connectivity index (χ4v) is 7.65. The number of aromatic nitrogens is 1. The molecule has 7 nitrogen and oxygen atoms in total. The zero-order valence-corrected chi connectivity index (χ0v) is 26.5. The molecule has 0 unspecified atom stereocenters. The summed E-state index contributed by atoms with van der Waals surface area (Å²) in [5, 5.41) is 4.95. The maximum atomic E-state index is 13.3. The van der Waals surface area contributed by atoms with Crippen LogP contribution in [0, 0.1) is 0 Å². The summed E-state index contributed by atoms with van der Waals surface area (Å²) in [5.74, 6) is 1.35. The molecule has 222 valence electrons. The van der Waals surface area contributed by atoms with Crippen LogP contribution in [0.15, 0.2) is 72.8 Å². The molecular weight excluding hydrogens is 602 g/mol. The number of nitrogens with one attached hydrogen (secondary N) is 1. The van der Waals surface area contributed by atoms with E-state index in [2.05, 4.69) is 40.5 Å². The van der Waals surface area contributed by atoms with E-state index in [1.165, 1.54) is 22.1 Å². The summed E-state index contributed by atoms with van der Waals surface area (Å²) in [6.45, 7) is 2.68. The second-order valence-corrected chi connectivity index (χ2v) is 12.1. The Morgan fingerprint density at radius 2 is 1.70 bits per heavy atom. The minimum atomic E-state index is -0.217. The number of methoxy groups -OCH3 is 3. The van der Waals surface area contributed by atoms with Crippen LogP contribution >= 0.6 is 35.1 Å². The van der Waals surface area contributed by atoms with Crippen LogP contribution in [0.5, 0.6) is 17.2 Å². The lowest BCUT2D eigenvalue weighted by atomic mass is 10.0. The molecule has 43 heavy (non-hydrogen) atoms. The van der Waals surface area contributed by atoms with Crippen molar-refractivity contribution in [3.05, 3.63) is 94.4 Å². The van der Waals surface area contributed by atoms with E-state index in [9.17, 15) is 4.79 Å². The molecule has 3 aromatic carbocycles. The van der Waals surface area contributed by atoms with Crippen LogP contribution in [0.4, 0.5) is 5.00 Å². The topological polar surface area (TPSA) is 72.9 Å². The van der Waals surface area contributed by atoms with Gasteiger partial charge in [-0.15, -0.1) is 35.1 Å². The van der Waals surface area contributed by atoms with Crippen molar-refractivity contribution in [1.29, 1.82) is 0 Å². The van der Waals surface area contributed by atoms with Crippen LogP contribution in [0.3, 0.4) is 0 Å². The number of nitrogens with zero attached hydrogens (tertiary/aromatic N) is 2. The van der Waals surface area contributed by atoms with Crippen molar-refractivity contribution in [3.8, 4) is 27.8 Å². The molecule has 0 radical (unpaired) electrons. The SMILES string of the molecule is COc1cc(/C=C/C(=O)Nc2sc3c(c2-c2nc4ccccc4s2)CCN(Cc2ccccc2)C3)cc(OC)c1OC.Cl. The zero-order valence-electron chi connectivity index (χ0n) is 24.1. The van der Waals surface area contributed by atoms with Crippen molar-refractivity contribution < 1.29 is 19.0 Å². The van der Waals surface area contributed by atoms with Gasteiger partial charge in [0.1, 0.15) is 10.0 Å². The van der Waals surface area contributed by atoms with Crippen molar-refractivity contribution in [1.82, 2.24) is 9.88 Å². The van der Waals surface area contributed by atoms with Gasteiger partial charge in [0, 0.05) is 36.2 Å². The van der Waals surface area contributed by atoms with Crippen LogP contribution in [0.25, 0.3) is 26.9 Å². The van der Waals surface area contributed by atoms with E-state index < -0.39 is 0 Å². The van der Waals surface area contributed by atoms with Crippen LogP contribution in [0.2, 0.25) is 0 Å². The summed E-state index contributed by atoms with van der Waals surface area (Å²) in [4.78, 5) is 22.0. The number of hydrogen-bond acceptors (Lipinski definition) is 8. The van der Waals surface area contributed by atoms with Gasteiger partial charge in [0.05, 0.1) is 31.5 Å². The lowest BCUT2D eigenvalue weighted by molar-refractivity contribution is -0.111. The van der Waals surface area contributed by atoms with E-state index in [-0.39, 0.29) is 18.3 Å². The summed E-state index contributed by atoms with van der Waals surface area (Å²) in [6, 6.07) is 22.3. The molecule has 0 saturated carbocycles. The van der Waals surface area contributed by atoms with Crippen LogP contribution in [0.1, 0.15) is 21.6 Å². The van der Waals surface area contributed by atoms with E-state index in [1.54, 1.807) is 50.1 Å². The predicted molar refractivity (Wildman–Crippen MR) is 178 cm³/mol. The van der Waals surface area contributed by atoms with Crippen LogP contribution < -0.4 is 19.5 Å². The van der Waals surface area contributed by atoms with E-state index in [1.807, 2.05) is 36.4 Å². The molecule has 3 heterocycles. The molecule has 0 fully saturated rings. The Hall–Kier alpha value is -3.89. The van der Waals surface area contributed by atoms with Crippen LogP contribution in [-0.2, 0) is 24.3 Å². The fourth-order valence-electron chi connectivity index (χ4n) is 5.25. The van der Waals surface area contributed by atoms with Crippen molar-refractivity contribution in [3.63, 3.8) is 0 Å². The first-order valence-corrected chi connectivity index (χ1v) is 15.3. The normalized spacial score (nSPS) is 13.0. The van der Waals surface area contributed by atoms with Gasteiger partial charge in [0.2, 0.25) is 11.7 Å². The number of fused-ring (bicyclic) bond motifs is 2. The summed E-state index contributed by atoms with van der Waals surface area (Å²) in [6.07, 6.45) is 4.18. The molecule has 0 bridgehead atoms. The Bertz CT molecular complexity index is 1710. The molecule has 1 aliphatic rings. The van der Waals surface area contributed by atoms with Gasteiger partial charge < -0.3 is 19.5 Å². The number of ether oxygens (including phenoxy) is 3. The number of thiophene rings is 1. The van der Waals surface area contributed by atoms with Crippen molar-refractivity contribution in [2.24, 2.45) is 0 Å². The average Bonchev–Trinajstić information content (AvgIpc) is 3.60. The molecule has 2 aromatic heterocycles. The second-order valence-electron chi connectivity index (χ2n) is 9.92. The number of carbonyl (C=O) groups is 1. The number of rotatable bonds is 9. The van der Waals surface area contributed by atoms with Gasteiger partial charge >= 0.3 is 0 Å². The van der Waals surface area contributed by atoms with E-state index >= 15 is 0 Å². The molecule has 6 rings (SSSR count). The number of halogens is 1. The van der Waals surface area contributed by atoms with Gasteiger partial charge in [-0.1, -0.05) is 42.5 Å². The standard InChI is InChI=1S/C33H31N3O4S2.ClH/c1-38-25-17-22(18-26(39-2)31(25)40-3)13-14-29(37)35-33-30(32-34-24-11-7-8-12-27(24)41-32)23-15-16-36(20-28(23)42-33)19-21-9-5-4-6-10-21;/h4-14,17-18H,15-16,19-20H2,1-3H3,(H,35,37);1H/b14-13+;. The molecule has 1 aliphatic heterocycles. The van der Waals surface area contributed by atoms with Gasteiger partial charge in [-0.25, -0.2) is 4.98 Å². The third-order valence-corrected chi connectivity index (χ3v) is 9.43. The smallest absolute Gasteiger partial charge is 0.249 e. The van der Waals surface area contributed by atoms with Crippen molar-refractivity contribution in [2.45, 2.75) is 19.5 Å². The average molecular weight is 634 g/mol. The predicted octanol–water partition coefficient (Wildman–Crippen LogP) is 7.68. The lowest BCUT2D eigenvalue weighted by Gasteiger charge is -2.27. The Balaban J connectivity index is 0.00000368. The zero-order chi connectivity index (χ0) is 29.1. The first kappa shape index (κ1) is 30.6. The maximum Gasteiger partial charge on any atom is 0.249 e. The number of para-hydroxylation sites is 1. The van der Waals surface area contributed by atoms with Gasteiger partial charge in [-0.3, -0.25) is 9.69 Å². The van der Waals surface area contributed by atoms with E-state index in [0.29, 0.717) is 17.2 Å². The summed E-state index contributed by atoms with van der Waals surface area (Å²) >= 11 is 3.32. The highest BCUT2D eigenvalue weighted by Crippen LogP contribution is 2.46. The molecular formula is C33H32ClN3O4S2. The summed E-state index contributed by atoms with van der Waals surface area (Å²) in [5.41, 5.74) is 5.36. The van der Waals surface area contributed by atoms with Gasteiger partial charge in [0.25, 0.3) is 0 Å². The van der Waals surface area contributed by atoms with Gasteiger partial charge in [0.15, 0.2) is 11.5 Å². The first-order valence-electron chi connectivity index (χ1n) is 13.6. The Morgan fingerprint density at radius 1 is 0.977 bits per heavy atom. The number of hydrogen-bond donors (Lipinski definition) is 1. The third-order valence-electron chi connectivity index (χ3n) is 7.24. The van der Waals surface area contributed by atoms with E-state index in [4.69, 9.17) is 19.2 Å². The van der Waals surface area contributed by atoms with Crippen LogP contribution in [-0.4, -0.2) is 43.7 Å². The third kappa shape index (κ3) is 6.55. The van der Waals surface area contributed by atoms with Crippen molar-refractivity contribution in [2.75, 3.05) is 33.2 Å². The highest BCUT2D eigenvalue weighted by Gasteiger charge is 2.27. The van der Waals surface area contributed by atoms with E-state index in [0.717, 1.165) is 57.4 Å². The molecule has 10 heteroatoms. The molecule has 5 aromatic rings. The van der Waals surface area contributed by atoms with Gasteiger partial charge in [-0.2, -0.15) is 0 Å². The largest absolute Gasteiger partial charge is 0.493 e. The number of amides is 1. The Labute approximate surface area is 265 Å². The summed E-state index contributed by atoms with van der Waals surface area (Å²) in [7, 11) is 4.70. The van der Waals surface area contributed by atoms with Crippen molar-refractivity contribution >= 4 is 62.3 Å². The number of anilines is 1. The highest BCUT2D eigenvalue weighted by atomic mass is 35.5. The number of thiazole rings is 1. The maximum absolute atomic E-state index is 13.3. The molecule has 0 spiro atoms. The molecule has 1 amide bonds. The molecule has 0 atom stereocenters. The minimum Gasteiger partial charge on any atom is -0.493 e.